The first-order valence-corrected chi connectivity index (χ1v) is 9.08. The van der Waals surface area contributed by atoms with E-state index in [2.05, 4.69) is 18.2 Å². The van der Waals surface area contributed by atoms with Gasteiger partial charge in [-0.3, -0.25) is 4.79 Å². The fraction of sp³-hybridized carbons (Fsp3) is 0.125. The van der Waals surface area contributed by atoms with Crippen molar-refractivity contribution >= 4 is 33.1 Å². The summed E-state index contributed by atoms with van der Waals surface area (Å²) in [6.45, 7) is 2.61. The van der Waals surface area contributed by atoms with Crippen LogP contribution in [0.15, 0.2) is 78.9 Å². The Balaban J connectivity index is 1.76. The lowest BCUT2D eigenvalue weighted by Crippen LogP contribution is -2.30. The highest BCUT2D eigenvalue weighted by molar-refractivity contribution is 6.12. The quantitative estimate of drug-likeness (QED) is 0.472. The van der Waals surface area contributed by atoms with E-state index in [1.165, 1.54) is 0 Å². The number of amides is 1. The first-order valence-electron chi connectivity index (χ1n) is 9.08. The van der Waals surface area contributed by atoms with E-state index in [0.29, 0.717) is 12.1 Å². The van der Waals surface area contributed by atoms with Crippen LogP contribution in [-0.2, 0) is 0 Å². The second kappa shape index (κ2) is 7.12. The van der Waals surface area contributed by atoms with E-state index >= 15 is 0 Å². The van der Waals surface area contributed by atoms with Crippen molar-refractivity contribution in [2.45, 2.75) is 6.92 Å². The molecule has 0 aliphatic rings. The molecule has 0 heterocycles. The van der Waals surface area contributed by atoms with Crippen LogP contribution in [0, 0.1) is 0 Å². The zero-order chi connectivity index (χ0) is 18.8. The van der Waals surface area contributed by atoms with Crippen LogP contribution in [-0.4, -0.2) is 19.6 Å². The van der Waals surface area contributed by atoms with Crippen molar-refractivity contribution in [3.8, 4) is 5.75 Å². The van der Waals surface area contributed by atoms with Gasteiger partial charge < -0.3 is 9.64 Å². The monoisotopic (exact) mass is 355 g/mol. The highest BCUT2D eigenvalue weighted by Crippen LogP contribution is 2.29. The van der Waals surface area contributed by atoms with E-state index in [-0.39, 0.29) is 5.91 Å². The predicted molar refractivity (Wildman–Crippen MR) is 112 cm³/mol. The maximum Gasteiger partial charge on any atom is 0.258 e. The average molecular weight is 355 g/mol. The van der Waals surface area contributed by atoms with Crippen LogP contribution in [0.4, 0.5) is 5.69 Å². The number of rotatable bonds is 4. The van der Waals surface area contributed by atoms with Gasteiger partial charge in [-0.05, 0) is 53.4 Å². The van der Waals surface area contributed by atoms with Gasteiger partial charge in [-0.1, -0.05) is 48.5 Å². The number of methoxy groups -OCH3 is 1. The van der Waals surface area contributed by atoms with Gasteiger partial charge in [0, 0.05) is 17.5 Å². The van der Waals surface area contributed by atoms with Crippen molar-refractivity contribution in [3.05, 3.63) is 84.4 Å². The van der Waals surface area contributed by atoms with E-state index in [1.807, 2.05) is 72.5 Å². The first-order chi connectivity index (χ1) is 13.2. The summed E-state index contributed by atoms with van der Waals surface area (Å²) in [5.74, 6) is 0.819. The number of carbonyl (C=O) groups excluding carboxylic acids is 1. The van der Waals surface area contributed by atoms with Gasteiger partial charge in [-0.25, -0.2) is 0 Å². The normalized spacial score (nSPS) is 10.9. The maximum absolute atomic E-state index is 13.3. The van der Waals surface area contributed by atoms with Gasteiger partial charge in [-0.2, -0.15) is 0 Å². The summed E-state index contributed by atoms with van der Waals surface area (Å²) in [5, 5.41) is 4.29. The van der Waals surface area contributed by atoms with Gasteiger partial charge in [0.2, 0.25) is 0 Å². The number of hydrogen-bond donors (Lipinski definition) is 0. The first kappa shape index (κ1) is 17.1. The van der Waals surface area contributed by atoms with Crippen LogP contribution >= 0.6 is 0 Å². The second-order valence-corrected chi connectivity index (χ2v) is 6.48. The molecule has 0 aliphatic carbocycles. The number of ether oxygens (including phenoxy) is 1. The summed E-state index contributed by atoms with van der Waals surface area (Å²) in [4.78, 5) is 15.1. The minimum Gasteiger partial charge on any atom is -0.497 e. The van der Waals surface area contributed by atoms with Crippen LogP contribution in [0.25, 0.3) is 21.5 Å². The third kappa shape index (κ3) is 3.13. The molecule has 4 rings (SSSR count). The van der Waals surface area contributed by atoms with Crippen LogP contribution in [0.5, 0.6) is 5.75 Å². The molecule has 0 spiro atoms. The van der Waals surface area contributed by atoms with Crippen molar-refractivity contribution in [3.63, 3.8) is 0 Å². The number of benzene rings is 4. The molecule has 0 bridgehead atoms. The lowest BCUT2D eigenvalue weighted by Gasteiger charge is -2.23. The Hall–Kier alpha value is -3.33. The zero-order valence-corrected chi connectivity index (χ0v) is 15.5. The van der Waals surface area contributed by atoms with Crippen LogP contribution in [0.1, 0.15) is 17.3 Å². The van der Waals surface area contributed by atoms with E-state index in [9.17, 15) is 4.79 Å². The average Bonchev–Trinajstić information content (AvgIpc) is 2.73. The molecule has 0 saturated heterocycles. The molecule has 0 saturated carbocycles. The molecule has 0 aromatic heterocycles. The van der Waals surface area contributed by atoms with Gasteiger partial charge in [0.1, 0.15) is 5.75 Å². The molecular formula is C24H21NO2. The smallest absolute Gasteiger partial charge is 0.258 e. The van der Waals surface area contributed by atoms with Gasteiger partial charge in [0.15, 0.2) is 0 Å². The van der Waals surface area contributed by atoms with E-state index in [1.54, 1.807) is 7.11 Å². The minimum atomic E-state index is 0.00608. The SMILES string of the molecule is CCN(C(=O)c1ccc2cc(OC)ccc2c1)c1cccc2ccccc12. The molecule has 0 radical (unpaired) electrons. The zero-order valence-electron chi connectivity index (χ0n) is 15.5. The molecule has 0 atom stereocenters. The molecule has 3 nitrogen and oxygen atoms in total. The van der Waals surface area contributed by atoms with Gasteiger partial charge in [0.05, 0.1) is 12.8 Å². The summed E-state index contributed by atoms with van der Waals surface area (Å²) >= 11 is 0. The van der Waals surface area contributed by atoms with Gasteiger partial charge in [-0.15, -0.1) is 0 Å². The number of carbonyl (C=O) groups is 1. The second-order valence-electron chi connectivity index (χ2n) is 6.48. The summed E-state index contributed by atoms with van der Waals surface area (Å²) in [6, 6.07) is 25.9. The predicted octanol–water partition coefficient (Wildman–Crippen LogP) is 5.67. The largest absolute Gasteiger partial charge is 0.497 e. The lowest BCUT2D eigenvalue weighted by atomic mass is 10.0. The van der Waals surface area contributed by atoms with E-state index in [0.717, 1.165) is 33.0 Å². The van der Waals surface area contributed by atoms with Crippen LogP contribution < -0.4 is 9.64 Å². The molecule has 134 valence electrons. The number of anilines is 1. The van der Waals surface area contributed by atoms with Crippen molar-refractivity contribution in [1.29, 1.82) is 0 Å². The van der Waals surface area contributed by atoms with Gasteiger partial charge in [0.25, 0.3) is 5.91 Å². The molecular weight excluding hydrogens is 334 g/mol. The van der Waals surface area contributed by atoms with Gasteiger partial charge >= 0.3 is 0 Å². The minimum absolute atomic E-state index is 0.00608. The topological polar surface area (TPSA) is 29.5 Å². The molecule has 0 aliphatic heterocycles. The van der Waals surface area contributed by atoms with Crippen LogP contribution in [0.3, 0.4) is 0 Å². The fourth-order valence-corrected chi connectivity index (χ4v) is 3.51. The van der Waals surface area contributed by atoms with E-state index in [4.69, 9.17) is 4.74 Å². The number of hydrogen-bond acceptors (Lipinski definition) is 2. The molecule has 4 aromatic rings. The van der Waals surface area contributed by atoms with Crippen molar-refractivity contribution < 1.29 is 9.53 Å². The standard InChI is InChI=1S/C24H21NO2/c1-3-25(23-10-6-8-17-7-4-5-9-22(17)23)24(26)20-12-11-19-16-21(27-2)14-13-18(19)15-20/h4-16H,3H2,1-2H3. The Kier molecular flexibility index (Phi) is 4.51. The molecule has 27 heavy (non-hydrogen) atoms. The molecule has 4 aromatic carbocycles. The molecule has 0 unspecified atom stereocenters. The maximum atomic E-state index is 13.3. The lowest BCUT2D eigenvalue weighted by molar-refractivity contribution is 0.0988. The Morgan fingerprint density at radius 3 is 2.41 bits per heavy atom. The molecule has 0 N–H and O–H groups in total. The highest BCUT2D eigenvalue weighted by Gasteiger charge is 2.18. The van der Waals surface area contributed by atoms with Crippen molar-refractivity contribution in [2.75, 3.05) is 18.6 Å². The van der Waals surface area contributed by atoms with E-state index < -0.39 is 0 Å². The van der Waals surface area contributed by atoms with Crippen molar-refractivity contribution in [2.24, 2.45) is 0 Å². The van der Waals surface area contributed by atoms with Crippen LogP contribution in [0.2, 0.25) is 0 Å². The third-order valence-corrected chi connectivity index (χ3v) is 4.91. The third-order valence-electron chi connectivity index (χ3n) is 4.91. The molecule has 3 heteroatoms. The Morgan fingerprint density at radius 2 is 1.59 bits per heavy atom. The summed E-state index contributed by atoms with van der Waals surface area (Å²) in [6.07, 6.45) is 0. The molecule has 1 amide bonds. The Labute approximate surface area is 158 Å². The highest BCUT2D eigenvalue weighted by atomic mass is 16.5. The molecule has 0 fully saturated rings. The Morgan fingerprint density at radius 1 is 0.852 bits per heavy atom. The van der Waals surface area contributed by atoms with Crippen molar-refractivity contribution in [1.82, 2.24) is 0 Å². The summed E-state index contributed by atoms with van der Waals surface area (Å²) in [7, 11) is 1.66. The Bertz CT molecular complexity index is 1130. The fourth-order valence-electron chi connectivity index (χ4n) is 3.51. The number of nitrogens with zero attached hydrogens (tertiary/aromatic N) is 1. The number of fused-ring (bicyclic) bond motifs is 2. The summed E-state index contributed by atoms with van der Waals surface area (Å²) in [5.41, 5.74) is 1.62. The summed E-state index contributed by atoms with van der Waals surface area (Å²) < 4.78 is 5.28.